The quantitative estimate of drug-likeness (QED) is 0.677. The van der Waals surface area contributed by atoms with Crippen LogP contribution < -0.4 is 11.1 Å². The summed E-state index contributed by atoms with van der Waals surface area (Å²) in [5.41, 5.74) is 7.84. The number of halogens is 1. The molecule has 0 unspecified atom stereocenters. The SMILES string of the molecule is CC(C)(N)C(=O)N1CCn2c(nc(-c3ccc(F)cc3)c2Nc2ccc(C#N)cc2)C1. The summed E-state index contributed by atoms with van der Waals surface area (Å²) < 4.78 is 15.5. The number of imidazole rings is 1. The molecule has 1 aromatic heterocycles. The molecule has 0 saturated heterocycles. The fourth-order valence-electron chi connectivity index (χ4n) is 3.61. The maximum absolute atomic E-state index is 13.5. The second-order valence-electron chi connectivity index (χ2n) is 8.15. The van der Waals surface area contributed by atoms with Gasteiger partial charge in [-0.2, -0.15) is 5.26 Å². The zero-order valence-electron chi connectivity index (χ0n) is 17.4. The molecule has 158 valence electrons. The van der Waals surface area contributed by atoms with Crippen LogP contribution in [0.1, 0.15) is 25.2 Å². The van der Waals surface area contributed by atoms with Gasteiger partial charge in [-0.05, 0) is 62.4 Å². The van der Waals surface area contributed by atoms with Gasteiger partial charge in [0.2, 0.25) is 5.91 Å². The van der Waals surface area contributed by atoms with Crippen LogP contribution in [0.2, 0.25) is 0 Å². The molecule has 0 spiro atoms. The van der Waals surface area contributed by atoms with Crippen molar-refractivity contribution in [3.05, 3.63) is 65.7 Å². The van der Waals surface area contributed by atoms with Crippen LogP contribution in [0.3, 0.4) is 0 Å². The van der Waals surface area contributed by atoms with Gasteiger partial charge < -0.3 is 20.5 Å². The van der Waals surface area contributed by atoms with Crippen molar-refractivity contribution in [3.8, 4) is 17.3 Å². The minimum Gasteiger partial charge on any atom is -0.340 e. The number of carbonyl (C=O) groups excluding carboxylic acids is 1. The van der Waals surface area contributed by atoms with Crippen LogP contribution in [0.5, 0.6) is 0 Å². The number of nitrogens with zero attached hydrogens (tertiary/aromatic N) is 4. The number of carbonyl (C=O) groups is 1. The minimum atomic E-state index is -0.960. The maximum Gasteiger partial charge on any atom is 0.242 e. The molecule has 0 aliphatic carbocycles. The highest BCUT2D eigenvalue weighted by Crippen LogP contribution is 2.33. The standard InChI is InChI=1S/C23H23FN6O/c1-23(2,26)22(31)29-11-12-30-19(14-29)28-20(16-5-7-17(24)8-6-16)21(30)27-18-9-3-15(13-25)4-10-18/h3-10,27H,11-12,14,26H2,1-2H3. The first-order chi connectivity index (χ1) is 14.8. The van der Waals surface area contributed by atoms with Gasteiger partial charge in [0.05, 0.1) is 23.7 Å². The highest BCUT2D eigenvalue weighted by molar-refractivity contribution is 5.85. The van der Waals surface area contributed by atoms with Gasteiger partial charge >= 0.3 is 0 Å². The number of aromatic nitrogens is 2. The Bertz CT molecular complexity index is 1150. The van der Waals surface area contributed by atoms with Gasteiger partial charge in [-0.15, -0.1) is 0 Å². The van der Waals surface area contributed by atoms with Crippen LogP contribution in [-0.2, 0) is 17.9 Å². The lowest BCUT2D eigenvalue weighted by Crippen LogP contribution is -2.52. The van der Waals surface area contributed by atoms with E-state index >= 15 is 0 Å². The van der Waals surface area contributed by atoms with E-state index in [4.69, 9.17) is 16.0 Å². The monoisotopic (exact) mass is 418 g/mol. The van der Waals surface area contributed by atoms with Crippen molar-refractivity contribution in [3.63, 3.8) is 0 Å². The van der Waals surface area contributed by atoms with Crippen molar-refractivity contribution in [1.29, 1.82) is 5.26 Å². The molecule has 1 amide bonds. The molecule has 2 aromatic carbocycles. The summed E-state index contributed by atoms with van der Waals surface area (Å²) in [6.45, 7) is 4.77. The number of hydrogen-bond donors (Lipinski definition) is 2. The highest BCUT2D eigenvalue weighted by Gasteiger charge is 2.32. The third-order valence-corrected chi connectivity index (χ3v) is 5.21. The van der Waals surface area contributed by atoms with E-state index < -0.39 is 5.54 Å². The molecule has 31 heavy (non-hydrogen) atoms. The van der Waals surface area contributed by atoms with Crippen LogP contribution >= 0.6 is 0 Å². The number of nitrogens with two attached hydrogens (primary N) is 1. The number of rotatable bonds is 4. The number of nitriles is 1. The van der Waals surface area contributed by atoms with Crippen LogP contribution in [-0.4, -0.2) is 32.4 Å². The molecule has 0 bridgehead atoms. The van der Waals surface area contributed by atoms with Crippen molar-refractivity contribution < 1.29 is 9.18 Å². The summed E-state index contributed by atoms with van der Waals surface area (Å²) in [7, 11) is 0. The molecule has 4 rings (SSSR count). The van der Waals surface area contributed by atoms with Gasteiger partial charge in [-0.25, -0.2) is 9.37 Å². The summed E-state index contributed by atoms with van der Waals surface area (Å²) in [6.07, 6.45) is 0. The maximum atomic E-state index is 13.5. The average molecular weight is 418 g/mol. The summed E-state index contributed by atoms with van der Waals surface area (Å²) in [5.74, 6) is 1.02. The highest BCUT2D eigenvalue weighted by atomic mass is 19.1. The second kappa shape index (κ2) is 7.85. The van der Waals surface area contributed by atoms with Crippen molar-refractivity contribution in [1.82, 2.24) is 14.5 Å². The van der Waals surface area contributed by atoms with Crippen LogP contribution in [0.4, 0.5) is 15.9 Å². The Morgan fingerprint density at radius 1 is 1.16 bits per heavy atom. The molecule has 1 aliphatic heterocycles. The molecule has 3 aromatic rings. The van der Waals surface area contributed by atoms with Gasteiger partial charge in [0.15, 0.2) is 0 Å². The Morgan fingerprint density at radius 3 is 2.45 bits per heavy atom. The third kappa shape index (κ3) is 4.13. The predicted molar refractivity (Wildman–Crippen MR) is 116 cm³/mol. The molecule has 0 radical (unpaired) electrons. The summed E-state index contributed by atoms with van der Waals surface area (Å²) >= 11 is 0. The summed E-state index contributed by atoms with van der Waals surface area (Å²) in [4.78, 5) is 19.2. The van der Waals surface area contributed by atoms with Crippen molar-refractivity contribution >= 4 is 17.4 Å². The van der Waals surface area contributed by atoms with Gasteiger partial charge in [0.25, 0.3) is 0 Å². The fraction of sp³-hybridized carbons (Fsp3) is 0.261. The molecular weight excluding hydrogens is 395 g/mol. The van der Waals surface area contributed by atoms with Crippen molar-refractivity contribution in [2.45, 2.75) is 32.5 Å². The second-order valence-corrected chi connectivity index (χ2v) is 8.15. The first-order valence-electron chi connectivity index (χ1n) is 9.97. The normalized spacial score (nSPS) is 13.5. The zero-order valence-corrected chi connectivity index (χ0v) is 17.4. The Morgan fingerprint density at radius 2 is 1.84 bits per heavy atom. The molecule has 1 aliphatic rings. The van der Waals surface area contributed by atoms with E-state index in [0.717, 1.165) is 22.9 Å². The lowest BCUT2D eigenvalue weighted by Gasteiger charge is -2.33. The first kappa shape index (κ1) is 20.6. The molecule has 0 fully saturated rings. The van der Waals surface area contributed by atoms with Gasteiger partial charge in [0, 0.05) is 24.3 Å². The lowest BCUT2D eigenvalue weighted by molar-refractivity contribution is -0.137. The van der Waals surface area contributed by atoms with Gasteiger partial charge in [-0.1, -0.05) is 0 Å². The number of anilines is 2. The summed E-state index contributed by atoms with van der Waals surface area (Å²) in [5, 5.41) is 12.4. The smallest absolute Gasteiger partial charge is 0.242 e. The Hall–Kier alpha value is -3.70. The van der Waals surface area contributed by atoms with Crippen LogP contribution in [0.25, 0.3) is 11.3 Å². The van der Waals surface area contributed by atoms with Crippen LogP contribution in [0, 0.1) is 17.1 Å². The molecular formula is C23H23FN6O. The van der Waals surface area contributed by atoms with E-state index in [-0.39, 0.29) is 11.7 Å². The zero-order chi connectivity index (χ0) is 22.2. The number of amides is 1. The lowest BCUT2D eigenvalue weighted by atomic mass is 10.1. The molecule has 3 N–H and O–H groups in total. The number of fused-ring (bicyclic) bond motifs is 1. The minimum absolute atomic E-state index is 0.133. The molecule has 0 atom stereocenters. The third-order valence-electron chi connectivity index (χ3n) is 5.21. The Balaban J connectivity index is 1.74. The van der Waals surface area contributed by atoms with Crippen molar-refractivity contribution in [2.24, 2.45) is 5.73 Å². The largest absolute Gasteiger partial charge is 0.340 e. The van der Waals surface area contributed by atoms with E-state index in [0.29, 0.717) is 30.9 Å². The Labute approximate surface area is 179 Å². The number of hydrogen-bond acceptors (Lipinski definition) is 5. The topological polar surface area (TPSA) is 100.0 Å². The van der Waals surface area contributed by atoms with E-state index in [1.807, 2.05) is 16.7 Å². The molecule has 8 heteroatoms. The first-order valence-corrected chi connectivity index (χ1v) is 9.97. The molecule has 7 nitrogen and oxygen atoms in total. The van der Waals surface area contributed by atoms with E-state index in [1.54, 1.807) is 43.0 Å². The van der Waals surface area contributed by atoms with Gasteiger partial charge in [0.1, 0.15) is 23.2 Å². The van der Waals surface area contributed by atoms with Gasteiger partial charge in [-0.3, -0.25) is 4.79 Å². The van der Waals surface area contributed by atoms with E-state index in [2.05, 4.69) is 11.4 Å². The Kier molecular flexibility index (Phi) is 5.21. The number of benzene rings is 2. The van der Waals surface area contributed by atoms with Crippen LogP contribution in [0.15, 0.2) is 48.5 Å². The number of nitrogens with one attached hydrogen (secondary N) is 1. The molecule has 0 saturated carbocycles. The fourth-order valence-corrected chi connectivity index (χ4v) is 3.61. The molecule has 2 heterocycles. The predicted octanol–water partition coefficient (Wildman–Crippen LogP) is 3.38. The summed E-state index contributed by atoms with van der Waals surface area (Å²) in [6, 6.07) is 15.4. The van der Waals surface area contributed by atoms with E-state index in [9.17, 15) is 9.18 Å². The van der Waals surface area contributed by atoms with E-state index in [1.165, 1.54) is 12.1 Å². The van der Waals surface area contributed by atoms with Crippen molar-refractivity contribution in [2.75, 3.05) is 11.9 Å². The average Bonchev–Trinajstić information content (AvgIpc) is 3.11.